The molecule has 0 unspecified atom stereocenters. The molecule has 0 spiro atoms. The Kier molecular flexibility index (Phi) is 2.67. The third kappa shape index (κ3) is 2.26. The Balaban J connectivity index is 2.16. The lowest BCUT2D eigenvalue weighted by molar-refractivity contribution is 1.23. The highest BCUT2D eigenvalue weighted by atomic mass is 15.1. The molecule has 2 aromatic rings. The predicted octanol–water partition coefficient (Wildman–Crippen LogP) is 3.30. The van der Waals surface area contributed by atoms with Crippen LogP contribution in [-0.2, 0) is 0 Å². The topological polar surface area (TPSA) is 24.7 Å². The lowest BCUT2D eigenvalue weighted by Gasteiger charge is -1.89. The molecule has 2 aromatic carbocycles. The summed E-state index contributed by atoms with van der Waals surface area (Å²) >= 11 is 0. The fourth-order valence-corrected chi connectivity index (χ4v) is 0.911. The van der Waals surface area contributed by atoms with Crippen LogP contribution in [0.3, 0.4) is 0 Å². The number of hydrogen-bond acceptors (Lipinski definition) is 2. The molecule has 2 rings (SSSR count). The smallest absolute Gasteiger partial charge is 0.0942 e. The first-order chi connectivity index (χ1) is 6.95. The maximum absolute atomic E-state index is 3.96. The molecular weight excluding hydrogens is 172 g/mol. The zero-order chi connectivity index (χ0) is 9.64. The van der Waals surface area contributed by atoms with E-state index in [1.807, 2.05) is 0 Å². The molecule has 64 valence electrons. The third-order valence-corrected chi connectivity index (χ3v) is 1.53. The van der Waals surface area contributed by atoms with Crippen LogP contribution in [0.1, 0.15) is 0 Å². The van der Waals surface area contributed by atoms with Gasteiger partial charge in [-0.2, -0.15) is 0 Å². The van der Waals surface area contributed by atoms with E-state index >= 15 is 0 Å². The molecule has 0 bridgehead atoms. The molecule has 0 saturated heterocycles. The van der Waals surface area contributed by atoms with Crippen LogP contribution >= 0.6 is 0 Å². The van der Waals surface area contributed by atoms with E-state index in [1.54, 1.807) is 36.4 Å². The van der Waals surface area contributed by atoms with Crippen molar-refractivity contribution in [1.82, 2.24) is 0 Å². The predicted molar refractivity (Wildman–Crippen MR) is 52.4 cm³/mol. The van der Waals surface area contributed by atoms with Crippen molar-refractivity contribution in [3.63, 3.8) is 0 Å². The van der Waals surface area contributed by atoms with Gasteiger partial charge in [0.15, 0.2) is 0 Å². The van der Waals surface area contributed by atoms with Crippen molar-refractivity contribution in [2.45, 2.75) is 0 Å². The quantitative estimate of drug-likeness (QED) is 0.630. The average Bonchev–Trinajstić information content (AvgIpc) is 2.29. The van der Waals surface area contributed by atoms with Crippen molar-refractivity contribution >= 4 is 11.4 Å². The van der Waals surface area contributed by atoms with Crippen LogP contribution < -0.4 is 0 Å². The Morgan fingerprint density at radius 3 is 1.57 bits per heavy atom. The molecule has 0 N–H and O–H groups in total. The van der Waals surface area contributed by atoms with Gasteiger partial charge < -0.3 is 0 Å². The van der Waals surface area contributed by atoms with Gasteiger partial charge in [-0.05, 0) is 24.3 Å². The van der Waals surface area contributed by atoms with E-state index in [1.165, 1.54) is 0 Å². The van der Waals surface area contributed by atoms with E-state index in [4.69, 9.17) is 0 Å². The Hall–Kier alpha value is -1.96. The molecule has 0 aliphatic rings. The minimum atomic E-state index is 0.657. The van der Waals surface area contributed by atoms with Gasteiger partial charge in [0.2, 0.25) is 0 Å². The number of hydrogen-bond donors (Lipinski definition) is 0. The highest BCUT2D eigenvalue weighted by Crippen LogP contribution is 2.15. The Morgan fingerprint density at radius 1 is 0.714 bits per heavy atom. The summed E-state index contributed by atoms with van der Waals surface area (Å²) < 4.78 is 0. The van der Waals surface area contributed by atoms with Crippen LogP contribution in [0.15, 0.2) is 46.6 Å². The molecule has 0 heterocycles. The van der Waals surface area contributed by atoms with Crippen LogP contribution in [0.5, 0.6) is 0 Å². The van der Waals surface area contributed by atoms with E-state index in [2.05, 4.69) is 34.5 Å². The maximum atomic E-state index is 3.96. The first-order valence-corrected chi connectivity index (χ1v) is 4.12. The summed E-state index contributed by atoms with van der Waals surface area (Å²) in [5.41, 5.74) is 1.31. The van der Waals surface area contributed by atoms with Gasteiger partial charge >= 0.3 is 0 Å². The van der Waals surface area contributed by atoms with Crippen LogP contribution in [0, 0.1) is 24.3 Å². The number of rotatable bonds is 2. The Morgan fingerprint density at radius 2 is 1.21 bits per heavy atom. The van der Waals surface area contributed by atoms with Gasteiger partial charge in [0.1, 0.15) is 0 Å². The molecular formula is C12H6N2. The molecule has 0 aliphatic heterocycles. The molecule has 2 nitrogen and oxygen atoms in total. The monoisotopic (exact) mass is 178 g/mol. The summed E-state index contributed by atoms with van der Waals surface area (Å²) in [5.74, 6) is 0. The van der Waals surface area contributed by atoms with Crippen LogP contribution in [-0.4, -0.2) is 0 Å². The molecule has 4 radical (unpaired) electrons. The SMILES string of the molecule is [c]1cc[c]c(/N=N/c2[c]cc[c]c2)c1. The average molecular weight is 178 g/mol. The molecule has 0 amide bonds. The van der Waals surface area contributed by atoms with Crippen molar-refractivity contribution in [3.8, 4) is 0 Å². The molecule has 2 heteroatoms. The second-order valence-corrected chi connectivity index (χ2v) is 2.55. The zero-order valence-electron chi connectivity index (χ0n) is 7.36. The summed E-state index contributed by atoms with van der Waals surface area (Å²) in [6.45, 7) is 0. The molecule has 14 heavy (non-hydrogen) atoms. The second-order valence-electron chi connectivity index (χ2n) is 2.55. The summed E-state index contributed by atoms with van der Waals surface area (Å²) in [7, 11) is 0. The summed E-state index contributed by atoms with van der Waals surface area (Å²) in [4.78, 5) is 0. The first kappa shape index (κ1) is 8.63. The number of benzene rings is 2. The van der Waals surface area contributed by atoms with Gasteiger partial charge in [-0.1, -0.05) is 24.3 Å². The van der Waals surface area contributed by atoms with Gasteiger partial charge in [0, 0.05) is 12.1 Å². The lowest BCUT2D eigenvalue weighted by atomic mass is 10.3. The molecule has 0 fully saturated rings. The van der Waals surface area contributed by atoms with Crippen LogP contribution in [0.25, 0.3) is 0 Å². The van der Waals surface area contributed by atoms with Crippen molar-refractivity contribution in [2.24, 2.45) is 10.2 Å². The maximum Gasteiger partial charge on any atom is 0.0942 e. The van der Waals surface area contributed by atoms with Gasteiger partial charge in [-0.15, -0.1) is 10.2 Å². The highest BCUT2D eigenvalue weighted by Gasteiger charge is 1.88. The summed E-state index contributed by atoms with van der Waals surface area (Å²) in [5, 5.41) is 7.93. The Bertz CT molecular complexity index is 365. The fourth-order valence-electron chi connectivity index (χ4n) is 0.911. The third-order valence-electron chi connectivity index (χ3n) is 1.53. The van der Waals surface area contributed by atoms with Crippen LogP contribution in [0.4, 0.5) is 11.4 Å². The Labute approximate surface area is 82.9 Å². The highest BCUT2D eigenvalue weighted by molar-refractivity contribution is 5.37. The zero-order valence-corrected chi connectivity index (χ0v) is 7.36. The van der Waals surface area contributed by atoms with E-state index < -0.39 is 0 Å². The van der Waals surface area contributed by atoms with Gasteiger partial charge in [0.25, 0.3) is 0 Å². The lowest BCUT2D eigenvalue weighted by Crippen LogP contribution is -1.64. The van der Waals surface area contributed by atoms with Crippen LogP contribution in [0.2, 0.25) is 0 Å². The minimum Gasteiger partial charge on any atom is -0.150 e. The molecule has 0 aromatic heterocycles. The van der Waals surface area contributed by atoms with E-state index in [-0.39, 0.29) is 0 Å². The first-order valence-electron chi connectivity index (χ1n) is 4.12. The minimum absolute atomic E-state index is 0.657. The van der Waals surface area contributed by atoms with Gasteiger partial charge in [-0.3, -0.25) is 0 Å². The van der Waals surface area contributed by atoms with Crippen molar-refractivity contribution in [2.75, 3.05) is 0 Å². The van der Waals surface area contributed by atoms with Gasteiger partial charge in [0.05, 0.1) is 11.4 Å². The van der Waals surface area contributed by atoms with Crippen molar-refractivity contribution < 1.29 is 0 Å². The fraction of sp³-hybridized carbons (Fsp3) is 0. The van der Waals surface area contributed by atoms with E-state index in [0.29, 0.717) is 11.4 Å². The summed E-state index contributed by atoms with van der Waals surface area (Å²) in [6, 6.07) is 22.1. The largest absolute Gasteiger partial charge is 0.150 e. The number of nitrogens with zero attached hydrogens (tertiary/aromatic N) is 2. The molecule has 0 saturated carbocycles. The van der Waals surface area contributed by atoms with Crippen molar-refractivity contribution in [1.29, 1.82) is 0 Å². The van der Waals surface area contributed by atoms with Gasteiger partial charge in [-0.25, -0.2) is 0 Å². The molecule has 0 atom stereocenters. The summed E-state index contributed by atoms with van der Waals surface area (Å²) in [6.07, 6.45) is 0. The number of azo groups is 1. The standard InChI is InChI=1S/C12H6N2/c1-3-7-11(8-4-1)13-14-12-9-5-2-6-10-12/h1-3,5,8,10H/b14-13+. The second kappa shape index (κ2) is 4.33. The van der Waals surface area contributed by atoms with E-state index in [0.717, 1.165) is 0 Å². The normalized spacial score (nSPS) is 10.6. The molecule has 0 aliphatic carbocycles. The van der Waals surface area contributed by atoms with Crippen molar-refractivity contribution in [3.05, 3.63) is 60.7 Å². The van der Waals surface area contributed by atoms with E-state index in [9.17, 15) is 0 Å².